The SMILES string of the molecule is CCC(C)[C@H]1C(=O)N(CCc2ccc(OC)c(OC)c2)C[C@H]2N1C(=O)CN(C)N2C(=O)NCc1ccc(OC)cc1. The fourth-order valence-electron chi connectivity index (χ4n) is 5.50. The van der Waals surface area contributed by atoms with Crippen LogP contribution >= 0.6 is 0 Å². The average molecular weight is 568 g/mol. The molecule has 0 bridgehead atoms. The van der Waals surface area contributed by atoms with E-state index in [-0.39, 0.29) is 36.9 Å². The molecule has 2 aliphatic heterocycles. The molecule has 1 N–H and O–H groups in total. The molecule has 41 heavy (non-hydrogen) atoms. The van der Waals surface area contributed by atoms with Gasteiger partial charge in [0.25, 0.3) is 0 Å². The van der Waals surface area contributed by atoms with Gasteiger partial charge in [0.05, 0.1) is 34.4 Å². The van der Waals surface area contributed by atoms with Crippen molar-refractivity contribution < 1.29 is 28.6 Å². The van der Waals surface area contributed by atoms with Crippen LogP contribution in [0.3, 0.4) is 0 Å². The van der Waals surface area contributed by atoms with E-state index in [1.165, 1.54) is 0 Å². The highest BCUT2D eigenvalue weighted by Crippen LogP contribution is 2.31. The second-order valence-electron chi connectivity index (χ2n) is 10.5. The van der Waals surface area contributed by atoms with Gasteiger partial charge in [0.1, 0.15) is 18.0 Å². The number of piperazine rings is 1. The molecular formula is C30H41N5O6. The molecule has 2 aromatic rings. The fourth-order valence-corrected chi connectivity index (χ4v) is 5.50. The normalized spacial score (nSPS) is 20.0. The molecule has 11 heteroatoms. The third-order valence-corrected chi connectivity index (χ3v) is 7.98. The Hall–Kier alpha value is -3.99. The van der Waals surface area contributed by atoms with Crippen molar-refractivity contribution in [1.29, 1.82) is 0 Å². The molecule has 11 nitrogen and oxygen atoms in total. The number of hydrogen-bond acceptors (Lipinski definition) is 7. The van der Waals surface area contributed by atoms with E-state index in [0.717, 1.165) is 23.3 Å². The van der Waals surface area contributed by atoms with Gasteiger partial charge < -0.3 is 29.3 Å². The van der Waals surface area contributed by atoms with E-state index >= 15 is 0 Å². The quantitative estimate of drug-likeness (QED) is 0.471. The molecule has 4 amide bonds. The van der Waals surface area contributed by atoms with E-state index in [4.69, 9.17) is 14.2 Å². The first-order chi connectivity index (χ1) is 19.7. The Morgan fingerprint density at radius 3 is 2.32 bits per heavy atom. The van der Waals surface area contributed by atoms with E-state index in [2.05, 4.69) is 5.32 Å². The van der Waals surface area contributed by atoms with E-state index in [9.17, 15) is 14.4 Å². The van der Waals surface area contributed by atoms with Crippen molar-refractivity contribution in [1.82, 2.24) is 25.1 Å². The maximum atomic E-state index is 13.8. The number of likely N-dealkylation sites (N-methyl/N-ethyl adjacent to an activating group) is 1. The lowest BCUT2D eigenvalue weighted by atomic mass is 9.92. The lowest BCUT2D eigenvalue weighted by molar-refractivity contribution is -0.190. The molecule has 222 valence electrons. The molecule has 4 rings (SSSR count). The molecule has 2 aliphatic rings. The first-order valence-electron chi connectivity index (χ1n) is 13.9. The first-order valence-corrected chi connectivity index (χ1v) is 13.9. The minimum Gasteiger partial charge on any atom is -0.497 e. The van der Waals surface area contributed by atoms with Gasteiger partial charge in [0, 0.05) is 20.1 Å². The second-order valence-corrected chi connectivity index (χ2v) is 10.5. The third-order valence-electron chi connectivity index (χ3n) is 7.98. The second kappa shape index (κ2) is 13.1. The summed E-state index contributed by atoms with van der Waals surface area (Å²) in [6.45, 7) is 4.96. The lowest BCUT2D eigenvalue weighted by Gasteiger charge is -2.55. The maximum Gasteiger partial charge on any atom is 0.334 e. The van der Waals surface area contributed by atoms with Crippen molar-refractivity contribution in [2.75, 3.05) is 48.0 Å². The van der Waals surface area contributed by atoms with Crippen molar-refractivity contribution in [3.8, 4) is 17.2 Å². The first kappa shape index (κ1) is 30.0. The van der Waals surface area contributed by atoms with Crippen molar-refractivity contribution in [3.05, 3.63) is 53.6 Å². The summed E-state index contributed by atoms with van der Waals surface area (Å²) in [4.78, 5) is 44.2. The number of hydrogen-bond donors (Lipinski definition) is 1. The summed E-state index contributed by atoms with van der Waals surface area (Å²) in [5.41, 5.74) is 1.91. The number of hydrazine groups is 1. The van der Waals surface area contributed by atoms with Crippen LogP contribution < -0.4 is 19.5 Å². The Balaban J connectivity index is 1.56. The molecule has 0 aromatic heterocycles. The van der Waals surface area contributed by atoms with Crippen LogP contribution in [0.25, 0.3) is 0 Å². The average Bonchev–Trinajstić information content (AvgIpc) is 2.98. The molecule has 0 radical (unpaired) electrons. The molecule has 3 atom stereocenters. The number of nitrogens with one attached hydrogen (secondary N) is 1. The topological polar surface area (TPSA) is 104 Å². The monoisotopic (exact) mass is 567 g/mol. The number of urea groups is 1. The molecule has 2 aromatic carbocycles. The van der Waals surface area contributed by atoms with Crippen LogP contribution in [0.2, 0.25) is 0 Å². The minimum atomic E-state index is -0.651. The summed E-state index contributed by atoms with van der Waals surface area (Å²) in [6, 6.07) is 12.2. The Bertz CT molecular complexity index is 1240. The zero-order valence-corrected chi connectivity index (χ0v) is 24.8. The van der Waals surface area contributed by atoms with Gasteiger partial charge in [-0.25, -0.2) is 14.8 Å². The Kier molecular flexibility index (Phi) is 9.59. The van der Waals surface area contributed by atoms with Gasteiger partial charge in [-0.3, -0.25) is 9.59 Å². The molecule has 1 unspecified atom stereocenters. The number of benzene rings is 2. The zero-order valence-electron chi connectivity index (χ0n) is 24.8. The van der Waals surface area contributed by atoms with Gasteiger partial charge in [-0.05, 0) is 47.7 Å². The number of carbonyl (C=O) groups excluding carboxylic acids is 3. The predicted octanol–water partition coefficient (Wildman–Crippen LogP) is 2.74. The van der Waals surface area contributed by atoms with Gasteiger partial charge >= 0.3 is 6.03 Å². The van der Waals surface area contributed by atoms with Crippen LogP contribution in [-0.2, 0) is 22.6 Å². The third kappa shape index (κ3) is 6.35. The number of ether oxygens (including phenoxy) is 3. The van der Waals surface area contributed by atoms with E-state index < -0.39 is 12.2 Å². The molecule has 2 saturated heterocycles. The van der Waals surface area contributed by atoms with E-state index in [1.54, 1.807) is 48.2 Å². The molecule has 2 fully saturated rings. The summed E-state index contributed by atoms with van der Waals surface area (Å²) in [5, 5.41) is 6.21. The summed E-state index contributed by atoms with van der Waals surface area (Å²) in [7, 11) is 6.51. The van der Waals surface area contributed by atoms with Gasteiger partial charge in [0.15, 0.2) is 11.5 Å². The highest BCUT2D eigenvalue weighted by Gasteiger charge is 2.51. The van der Waals surface area contributed by atoms with Crippen molar-refractivity contribution in [2.24, 2.45) is 5.92 Å². The highest BCUT2D eigenvalue weighted by atomic mass is 16.5. The Morgan fingerprint density at radius 2 is 1.68 bits per heavy atom. The van der Waals surface area contributed by atoms with Gasteiger partial charge in [0.2, 0.25) is 11.8 Å². The smallest absolute Gasteiger partial charge is 0.334 e. The van der Waals surface area contributed by atoms with Crippen LogP contribution in [0.5, 0.6) is 17.2 Å². The van der Waals surface area contributed by atoms with Crippen LogP contribution in [0, 0.1) is 5.92 Å². The molecule has 2 heterocycles. The number of amides is 4. The van der Waals surface area contributed by atoms with Crippen LogP contribution in [0.4, 0.5) is 4.79 Å². The summed E-state index contributed by atoms with van der Waals surface area (Å²) in [6.07, 6.45) is 0.675. The number of nitrogens with zero attached hydrogens (tertiary/aromatic N) is 4. The Labute approximate surface area is 241 Å². The van der Waals surface area contributed by atoms with Crippen LogP contribution in [-0.4, -0.2) is 97.9 Å². The molecule has 0 saturated carbocycles. The fraction of sp³-hybridized carbons (Fsp3) is 0.500. The summed E-state index contributed by atoms with van der Waals surface area (Å²) in [5.74, 6) is 1.67. The number of rotatable bonds is 10. The molecule has 0 spiro atoms. The van der Waals surface area contributed by atoms with Crippen molar-refractivity contribution in [3.63, 3.8) is 0 Å². The number of carbonyl (C=O) groups is 3. The Morgan fingerprint density at radius 1 is 1.00 bits per heavy atom. The maximum absolute atomic E-state index is 13.8. The van der Waals surface area contributed by atoms with Gasteiger partial charge in [-0.1, -0.05) is 38.5 Å². The van der Waals surface area contributed by atoms with Crippen LogP contribution in [0.15, 0.2) is 42.5 Å². The lowest BCUT2D eigenvalue weighted by Crippen LogP contribution is -2.76. The van der Waals surface area contributed by atoms with Crippen molar-refractivity contribution in [2.45, 2.75) is 45.4 Å². The minimum absolute atomic E-state index is 0.0122. The zero-order chi connectivity index (χ0) is 29.7. The van der Waals surface area contributed by atoms with Gasteiger partial charge in [-0.15, -0.1) is 0 Å². The summed E-state index contributed by atoms with van der Waals surface area (Å²) >= 11 is 0. The predicted molar refractivity (Wildman–Crippen MR) is 153 cm³/mol. The molecule has 0 aliphatic carbocycles. The number of fused-ring (bicyclic) bond motifs is 1. The summed E-state index contributed by atoms with van der Waals surface area (Å²) < 4.78 is 16.0. The van der Waals surface area contributed by atoms with Crippen molar-refractivity contribution >= 4 is 17.8 Å². The number of methoxy groups -OCH3 is 3. The standard InChI is InChI=1S/C30H41N5O6/c1-7-20(2)28-29(37)33(15-14-21-10-13-24(40-5)25(16-21)41-6)18-26-34(28)27(36)19-32(3)35(26)30(38)31-17-22-8-11-23(39-4)12-9-22/h8-13,16,20,26,28H,7,14-15,17-19H2,1-6H3,(H,31,38)/t20?,26-,28-/m0/s1. The largest absolute Gasteiger partial charge is 0.497 e. The van der Waals surface area contributed by atoms with Crippen LogP contribution in [0.1, 0.15) is 31.4 Å². The highest BCUT2D eigenvalue weighted by molar-refractivity contribution is 5.91. The van der Waals surface area contributed by atoms with E-state index in [1.807, 2.05) is 56.3 Å². The van der Waals surface area contributed by atoms with E-state index in [0.29, 0.717) is 31.0 Å². The van der Waals surface area contributed by atoms with Gasteiger partial charge in [-0.2, -0.15) is 0 Å². The molecular weight excluding hydrogens is 526 g/mol.